The lowest BCUT2D eigenvalue weighted by molar-refractivity contribution is 0.330. The van der Waals surface area contributed by atoms with Crippen molar-refractivity contribution in [3.05, 3.63) is 197 Å². The highest BCUT2D eigenvalue weighted by Gasteiger charge is 2.43. The van der Waals surface area contributed by atoms with Gasteiger partial charge in [-0.2, -0.15) is 0 Å². The average molecular weight is 741 g/mol. The molecule has 0 spiro atoms. The van der Waals surface area contributed by atoms with E-state index in [9.17, 15) is 0 Å². The Kier molecular flexibility index (Phi) is 8.34. The molecular formula is C55H52N2. The third kappa shape index (κ3) is 5.59. The molecule has 0 aliphatic heterocycles. The maximum Gasteiger partial charge on any atom is 0.0541 e. The molecule has 0 saturated heterocycles. The van der Waals surface area contributed by atoms with E-state index in [1.54, 1.807) is 0 Å². The molecule has 57 heavy (non-hydrogen) atoms. The van der Waals surface area contributed by atoms with Gasteiger partial charge in [-0.05, 0) is 136 Å². The standard InChI is InChI=1S/C55H52N2/c1-36(24-31-43-37(2)54(3,4)49-21-13-10-18-44(43)49)56(42-30-32-46-45-19-11-14-22-50(45)55(5,6)51(46)35-42)41-28-25-38(26-29-41)39-27-33-53-48(34-39)47-20-12-15-23-52(47)57(53)40-16-8-7-9-17-40/h7-25,27-28,30,32-35,37,43H,26,29,31H2,1-6H3/b36-24+. The monoisotopic (exact) mass is 740 g/mol. The Labute approximate surface area is 338 Å². The fraction of sp³-hybridized carbons (Fsp3) is 0.236. The SMILES string of the molecule is C/C(=C\CC1c2ccccc2C(C)(C)C1C)N(C1=CC=C(c2ccc3c(c2)c2ccccc2n3-c2ccccc2)CC1)c1ccc2c(c1)C(C)(C)c1ccccc1-2. The largest absolute Gasteiger partial charge is 0.319 e. The Balaban J connectivity index is 1.04. The van der Waals surface area contributed by atoms with Gasteiger partial charge in [0.15, 0.2) is 0 Å². The molecule has 6 aromatic carbocycles. The van der Waals surface area contributed by atoms with Crippen molar-refractivity contribution in [2.75, 3.05) is 4.90 Å². The minimum atomic E-state index is -0.0594. The maximum atomic E-state index is 2.57. The summed E-state index contributed by atoms with van der Waals surface area (Å²) in [4.78, 5) is 2.57. The van der Waals surface area contributed by atoms with Crippen LogP contribution in [0, 0.1) is 5.92 Å². The molecule has 3 aliphatic carbocycles. The molecule has 0 N–H and O–H groups in total. The van der Waals surface area contributed by atoms with E-state index in [0.29, 0.717) is 11.8 Å². The van der Waals surface area contributed by atoms with Gasteiger partial charge in [0.2, 0.25) is 0 Å². The first kappa shape index (κ1) is 35.5. The average Bonchev–Trinajstić information content (AvgIpc) is 3.76. The van der Waals surface area contributed by atoms with Crippen LogP contribution in [0.5, 0.6) is 0 Å². The molecule has 2 nitrogen and oxygen atoms in total. The number of rotatable bonds is 7. The fourth-order valence-corrected chi connectivity index (χ4v) is 10.7. The summed E-state index contributed by atoms with van der Waals surface area (Å²) < 4.78 is 2.40. The van der Waals surface area contributed by atoms with E-state index < -0.39 is 0 Å². The van der Waals surface area contributed by atoms with E-state index in [1.807, 2.05) is 0 Å². The minimum absolute atomic E-state index is 0.0594. The number of anilines is 1. The summed E-state index contributed by atoms with van der Waals surface area (Å²) in [6.07, 6.45) is 10.3. The van der Waals surface area contributed by atoms with Crippen LogP contribution in [0.2, 0.25) is 0 Å². The van der Waals surface area contributed by atoms with Gasteiger partial charge in [0.25, 0.3) is 0 Å². The van der Waals surface area contributed by atoms with Gasteiger partial charge in [0, 0.05) is 39.0 Å². The second kappa shape index (κ2) is 13.4. The predicted molar refractivity (Wildman–Crippen MR) is 242 cm³/mol. The van der Waals surface area contributed by atoms with Crippen LogP contribution >= 0.6 is 0 Å². The van der Waals surface area contributed by atoms with Crippen molar-refractivity contribution in [1.82, 2.24) is 4.57 Å². The lowest BCUT2D eigenvalue weighted by atomic mass is 9.76. The van der Waals surface area contributed by atoms with Crippen LogP contribution < -0.4 is 4.90 Å². The summed E-state index contributed by atoms with van der Waals surface area (Å²) in [5.74, 6) is 1.06. The van der Waals surface area contributed by atoms with Gasteiger partial charge in [0.05, 0.1) is 11.0 Å². The normalized spacial score (nSPS) is 19.2. The van der Waals surface area contributed by atoms with Gasteiger partial charge < -0.3 is 9.47 Å². The van der Waals surface area contributed by atoms with Crippen molar-refractivity contribution in [3.8, 4) is 16.8 Å². The van der Waals surface area contributed by atoms with Gasteiger partial charge >= 0.3 is 0 Å². The van der Waals surface area contributed by atoms with Crippen LogP contribution in [-0.2, 0) is 10.8 Å². The molecule has 7 aromatic rings. The van der Waals surface area contributed by atoms with E-state index in [0.717, 1.165) is 19.3 Å². The van der Waals surface area contributed by atoms with E-state index >= 15 is 0 Å². The molecule has 1 heterocycles. The molecule has 282 valence electrons. The summed E-state index contributed by atoms with van der Waals surface area (Å²) in [5, 5.41) is 2.60. The molecule has 2 unspecified atom stereocenters. The van der Waals surface area contributed by atoms with E-state index in [-0.39, 0.29) is 10.8 Å². The molecule has 0 fully saturated rings. The Hall–Kier alpha value is -5.86. The van der Waals surface area contributed by atoms with Crippen molar-refractivity contribution < 1.29 is 0 Å². The zero-order valence-corrected chi connectivity index (χ0v) is 34.2. The Morgan fingerprint density at radius 3 is 2.18 bits per heavy atom. The molecule has 0 saturated carbocycles. The number of aromatic nitrogens is 1. The van der Waals surface area contributed by atoms with Gasteiger partial charge in [-0.25, -0.2) is 0 Å². The molecule has 0 amide bonds. The summed E-state index contributed by atoms with van der Waals surface area (Å²) in [6, 6.07) is 52.0. The Bertz CT molecular complexity index is 2800. The molecule has 1 aromatic heterocycles. The number of nitrogens with zero attached hydrogens (tertiary/aromatic N) is 2. The second-order valence-corrected chi connectivity index (χ2v) is 17.8. The van der Waals surface area contributed by atoms with E-state index in [2.05, 4.69) is 209 Å². The summed E-state index contributed by atoms with van der Waals surface area (Å²) in [7, 11) is 0. The van der Waals surface area contributed by atoms with Crippen LogP contribution in [0.4, 0.5) is 5.69 Å². The number of benzene rings is 6. The molecular weight excluding hydrogens is 689 g/mol. The summed E-state index contributed by atoms with van der Waals surface area (Å²) in [6.45, 7) is 14.4. The fourth-order valence-electron chi connectivity index (χ4n) is 10.7. The lowest BCUT2D eigenvalue weighted by Gasteiger charge is -2.32. The van der Waals surface area contributed by atoms with Crippen LogP contribution in [0.15, 0.2) is 169 Å². The second-order valence-electron chi connectivity index (χ2n) is 17.8. The molecule has 3 aliphatic rings. The topological polar surface area (TPSA) is 8.17 Å². The smallest absolute Gasteiger partial charge is 0.0541 e. The first-order valence-electron chi connectivity index (χ1n) is 20.9. The van der Waals surface area contributed by atoms with Crippen molar-refractivity contribution in [1.29, 1.82) is 0 Å². The summed E-state index contributed by atoms with van der Waals surface area (Å²) in [5.41, 5.74) is 19.0. The first-order valence-corrected chi connectivity index (χ1v) is 20.9. The Morgan fingerprint density at radius 2 is 1.37 bits per heavy atom. The van der Waals surface area contributed by atoms with Crippen molar-refractivity contribution in [3.63, 3.8) is 0 Å². The maximum absolute atomic E-state index is 2.57. The zero-order chi connectivity index (χ0) is 39.1. The van der Waals surface area contributed by atoms with Gasteiger partial charge in [0.1, 0.15) is 0 Å². The third-order valence-corrected chi connectivity index (χ3v) is 14.1. The summed E-state index contributed by atoms with van der Waals surface area (Å²) >= 11 is 0. The molecule has 2 heteroatoms. The predicted octanol–water partition coefficient (Wildman–Crippen LogP) is 14.7. The van der Waals surface area contributed by atoms with Crippen LogP contribution in [0.3, 0.4) is 0 Å². The quantitative estimate of drug-likeness (QED) is 0.158. The van der Waals surface area contributed by atoms with E-state index in [4.69, 9.17) is 0 Å². The number of allylic oxidation sites excluding steroid dienone is 6. The van der Waals surface area contributed by atoms with Crippen LogP contribution in [0.1, 0.15) is 94.5 Å². The Morgan fingerprint density at radius 1 is 0.667 bits per heavy atom. The highest BCUT2D eigenvalue weighted by atomic mass is 15.2. The van der Waals surface area contributed by atoms with E-state index in [1.165, 1.54) is 89.1 Å². The number of hydrogen-bond donors (Lipinski definition) is 0. The highest BCUT2D eigenvalue weighted by molar-refractivity contribution is 6.10. The molecule has 0 bridgehead atoms. The van der Waals surface area contributed by atoms with Crippen LogP contribution in [0.25, 0.3) is 44.2 Å². The number of fused-ring (bicyclic) bond motifs is 7. The lowest BCUT2D eigenvalue weighted by Crippen LogP contribution is -2.24. The third-order valence-electron chi connectivity index (χ3n) is 14.1. The minimum Gasteiger partial charge on any atom is -0.319 e. The van der Waals surface area contributed by atoms with Crippen LogP contribution in [-0.4, -0.2) is 4.57 Å². The molecule has 0 radical (unpaired) electrons. The van der Waals surface area contributed by atoms with Crippen molar-refractivity contribution in [2.24, 2.45) is 5.92 Å². The molecule has 10 rings (SSSR count). The van der Waals surface area contributed by atoms with Gasteiger partial charge in [-0.1, -0.05) is 144 Å². The van der Waals surface area contributed by atoms with Crippen molar-refractivity contribution in [2.45, 2.75) is 77.6 Å². The highest BCUT2D eigenvalue weighted by Crippen LogP contribution is 2.53. The first-order chi connectivity index (χ1) is 27.6. The molecule has 2 atom stereocenters. The number of hydrogen-bond acceptors (Lipinski definition) is 1. The van der Waals surface area contributed by atoms with Gasteiger partial charge in [-0.3, -0.25) is 0 Å². The zero-order valence-electron chi connectivity index (χ0n) is 34.2. The number of para-hydroxylation sites is 2. The van der Waals surface area contributed by atoms with Gasteiger partial charge in [-0.15, -0.1) is 0 Å². The van der Waals surface area contributed by atoms with Crippen molar-refractivity contribution >= 4 is 33.1 Å².